The van der Waals surface area contributed by atoms with Crippen molar-refractivity contribution in [3.05, 3.63) is 34.9 Å². The lowest BCUT2D eigenvalue weighted by molar-refractivity contribution is -0.184. The second-order valence-electron chi connectivity index (χ2n) is 6.90. The Morgan fingerprint density at radius 1 is 1.29 bits per heavy atom. The third-order valence-electron chi connectivity index (χ3n) is 4.83. The molecule has 0 radical (unpaired) electrons. The highest BCUT2D eigenvalue weighted by Crippen LogP contribution is 2.37. The summed E-state index contributed by atoms with van der Waals surface area (Å²) in [5.41, 5.74) is 0.251. The first-order valence-corrected chi connectivity index (χ1v) is 10.9. The first-order valence-electron chi connectivity index (χ1n) is 9.13. The smallest absolute Gasteiger partial charge is 0.352 e. The highest BCUT2D eigenvalue weighted by atomic mass is 35.5. The number of alkyl halides is 3. The van der Waals surface area contributed by atoms with E-state index in [1.54, 1.807) is 24.3 Å². The van der Waals surface area contributed by atoms with Gasteiger partial charge in [-0.05, 0) is 49.8 Å². The van der Waals surface area contributed by atoms with Crippen LogP contribution in [0.1, 0.15) is 42.5 Å². The maximum atomic E-state index is 13.0. The van der Waals surface area contributed by atoms with E-state index in [-0.39, 0.29) is 23.4 Å². The van der Waals surface area contributed by atoms with Gasteiger partial charge in [0.1, 0.15) is 6.04 Å². The highest BCUT2D eigenvalue weighted by molar-refractivity contribution is 7.98. The first-order chi connectivity index (χ1) is 13.2. The van der Waals surface area contributed by atoms with E-state index in [1.807, 2.05) is 6.26 Å². The van der Waals surface area contributed by atoms with Gasteiger partial charge in [0.05, 0.1) is 16.5 Å². The first kappa shape index (κ1) is 22.9. The summed E-state index contributed by atoms with van der Waals surface area (Å²) in [5.74, 6) is -1.71. The second-order valence-corrected chi connectivity index (χ2v) is 8.29. The van der Waals surface area contributed by atoms with Crippen LogP contribution in [0.15, 0.2) is 24.3 Å². The predicted octanol–water partition coefficient (Wildman–Crippen LogP) is 4.43. The van der Waals surface area contributed by atoms with Crippen LogP contribution in [0.5, 0.6) is 0 Å². The molecule has 156 valence electrons. The highest BCUT2D eigenvalue weighted by Gasteiger charge is 2.42. The van der Waals surface area contributed by atoms with Crippen LogP contribution >= 0.6 is 23.4 Å². The van der Waals surface area contributed by atoms with Crippen molar-refractivity contribution in [2.24, 2.45) is 5.92 Å². The summed E-state index contributed by atoms with van der Waals surface area (Å²) >= 11 is 7.55. The van der Waals surface area contributed by atoms with Crippen LogP contribution in [0.3, 0.4) is 0 Å². The number of carbonyl (C=O) groups excluding carboxylic acids is 2. The quantitative estimate of drug-likeness (QED) is 0.664. The molecule has 0 aliphatic heterocycles. The summed E-state index contributed by atoms with van der Waals surface area (Å²) in [6, 6.07) is 5.11. The van der Waals surface area contributed by atoms with Gasteiger partial charge in [0.15, 0.2) is 0 Å². The zero-order chi connectivity index (χ0) is 20.7. The Balaban J connectivity index is 2.02. The third-order valence-corrected chi connectivity index (χ3v) is 5.81. The average Bonchev–Trinajstić information content (AvgIpc) is 2.64. The Hall–Kier alpha value is -1.41. The number of hydrogen-bond donors (Lipinski definition) is 2. The molecular weight excluding hydrogens is 413 g/mol. The summed E-state index contributed by atoms with van der Waals surface area (Å²) in [6.45, 7) is 0. The third kappa shape index (κ3) is 6.58. The van der Waals surface area contributed by atoms with Crippen LogP contribution in [0, 0.1) is 5.92 Å². The molecule has 1 aliphatic rings. The van der Waals surface area contributed by atoms with E-state index in [4.69, 9.17) is 11.6 Å². The number of carbonyl (C=O) groups is 2. The van der Waals surface area contributed by atoms with Gasteiger partial charge in [-0.15, -0.1) is 0 Å². The number of rotatable bonds is 7. The minimum atomic E-state index is -4.25. The lowest BCUT2D eigenvalue weighted by Crippen LogP contribution is -2.51. The standard InChI is InChI=1S/C19H24ClF3N2O2S/c1-28-10-9-16(25-17(26)14-7-2-3-8-15(14)20)18(27)24-13-6-4-5-12(11-13)19(21,22)23/h2-3,7-8,12-13,16H,4-6,9-11H2,1H3,(H,24,27)(H,25,26)/t12-,13+,16+/m1/s1. The number of nitrogens with one attached hydrogen (secondary N) is 2. The zero-order valence-corrected chi connectivity index (χ0v) is 17.1. The summed E-state index contributed by atoms with van der Waals surface area (Å²) in [4.78, 5) is 25.2. The Kier molecular flexibility index (Phi) is 8.49. The van der Waals surface area contributed by atoms with Gasteiger partial charge in [-0.25, -0.2) is 0 Å². The summed E-state index contributed by atoms with van der Waals surface area (Å²) in [5, 5.41) is 5.64. The van der Waals surface area contributed by atoms with E-state index in [0.29, 0.717) is 25.0 Å². The molecule has 0 spiro atoms. The molecule has 0 heterocycles. The van der Waals surface area contributed by atoms with Crippen molar-refractivity contribution in [1.29, 1.82) is 0 Å². The van der Waals surface area contributed by atoms with Crippen LogP contribution < -0.4 is 10.6 Å². The van der Waals surface area contributed by atoms with Crippen molar-refractivity contribution in [2.45, 2.75) is 50.4 Å². The van der Waals surface area contributed by atoms with Gasteiger partial charge >= 0.3 is 6.18 Å². The number of thioether (sulfide) groups is 1. The topological polar surface area (TPSA) is 58.2 Å². The van der Waals surface area contributed by atoms with Gasteiger partial charge in [-0.2, -0.15) is 24.9 Å². The Morgan fingerprint density at radius 3 is 2.64 bits per heavy atom. The number of benzene rings is 1. The maximum Gasteiger partial charge on any atom is 0.391 e. The molecule has 0 unspecified atom stereocenters. The summed E-state index contributed by atoms with van der Waals surface area (Å²) < 4.78 is 39.0. The van der Waals surface area contributed by atoms with Gasteiger partial charge in [-0.3, -0.25) is 9.59 Å². The SMILES string of the molecule is CSCC[C@H](NC(=O)c1ccccc1Cl)C(=O)N[C@H]1CCC[C@@H](C(F)(F)F)C1. The minimum Gasteiger partial charge on any atom is -0.352 e. The van der Waals surface area contributed by atoms with Crippen molar-refractivity contribution in [3.8, 4) is 0 Å². The van der Waals surface area contributed by atoms with Gasteiger partial charge < -0.3 is 10.6 Å². The monoisotopic (exact) mass is 436 g/mol. The molecule has 4 nitrogen and oxygen atoms in total. The summed E-state index contributed by atoms with van der Waals surface area (Å²) in [7, 11) is 0. The van der Waals surface area contributed by atoms with Gasteiger partial charge in [-0.1, -0.05) is 30.2 Å². The molecule has 0 bridgehead atoms. The van der Waals surface area contributed by atoms with Crippen LogP contribution in [0.4, 0.5) is 13.2 Å². The molecule has 1 aromatic carbocycles. The van der Waals surface area contributed by atoms with Gasteiger partial charge in [0.2, 0.25) is 5.91 Å². The van der Waals surface area contributed by atoms with Crippen molar-refractivity contribution in [3.63, 3.8) is 0 Å². The van der Waals surface area contributed by atoms with E-state index in [1.165, 1.54) is 11.8 Å². The van der Waals surface area contributed by atoms with E-state index in [9.17, 15) is 22.8 Å². The second kappa shape index (κ2) is 10.4. The normalized spacial score (nSPS) is 21.0. The Morgan fingerprint density at radius 2 is 2.00 bits per heavy atom. The lowest BCUT2D eigenvalue weighted by atomic mass is 9.85. The Labute approximate surface area is 172 Å². The molecule has 2 amide bonds. The number of hydrogen-bond acceptors (Lipinski definition) is 3. The fourth-order valence-electron chi connectivity index (χ4n) is 3.31. The van der Waals surface area contributed by atoms with Crippen LogP contribution in [0.2, 0.25) is 5.02 Å². The van der Waals surface area contributed by atoms with Crippen molar-refractivity contribution >= 4 is 35.2 Å². The van der Waals surface area contributed by atoms with Gasteiger partial charge in [0.25, 0.3) is 5.91 Å². The van der Waals surface area contributed by atoms with Crippen LogP contribution in [-0.4, -0.2) is 42.1 Å². The van der Waals surface area contributed by atoms with Crippen molar-refractivity contribution in [1.82, 2.24) is 10.6 Å². The summed E-state index contributed by atoms with van der Waals surface area (Å²) in [6.07, 6.45) is -1.11. The van der Waals surface area contributed by atoms with E-state index >= 15 is 0 Å². The van der Waals surface area contributed by atoms with Crippen LogP contribution in [0.25, 0.3) is 0 Å². The molecule has 0 aromatic heterocycles. The molecule has 1 fully saturated rings. The molecular formula is C19H24ClF3N2O2S. The molecule has 28 heavy (non-hydrogen) atoms. The maximum absolute atomic E-state index is 13.0. The van der Waals surface area contributed by atoms with E-state index < -0.39 is 36.0 Å². The number of amides is 2. The fourth-order valence-corrected chi connectivity index (χ4v) is 4.00. The van der Waals surface area contributed by atoms with Crippen molar-refractivity contribution in [2.75, 3.05) is 12.0 Å². The van der Waals surface area contributed by atoms with Crippen molar-refractivity contribution < 1.29 is 22.8 Å². The minimum absolute atomic E-state index is 0.0923. The molecule has 1 aliphatic carbocycles. The fraction of sp³-hybridized carbons (Fsp3) is 0.579. The van der Waals surface area contributed by atoms with E-state index in [0.717, 1.165) is 0 Å². The lowest BCUT2D eigenvalue weighted by Gasteiger charge is -2.32. The zero-order valence-electron chi connectivity index (χ0n) is 15.5. The van der Waals surface area contributed by atoms with Crippen LogP contribution in [-0.2, 0) is 4.79 Å². The molecule has 2 N–H and O–H groups in total. The average molecular weight is 437 g/mol. The molecule has 0 saturated heterocycles. The van der Waals surface area contributed by atoms with Gasteiger partial charge in [0, 0.05) is 6.04 Å². The largest absolute Gasteiger partial charge is 0.391 e. The molecule has 9 heteroatoms. The molecule has 1 saturated carbocycles. The molecule has 1 aromatic rings. The molecule has 2 rings (SSSR count). The van der Waals surface area contributed by atoms with E-state index in [2.05, 4.69) is 10.6 Å². The number of halogens is 4. The predicted molar refractivity (Wildman–Crippen MR) is 106 cm³/mol. The molecule has 3 atom stereocenters. The Bertz CT molecular complexity index is 687.